The summed E-state index contributed by atoms with van der Waals surface area (Å²) < 4.78 is 5.98. The van der Waals surface area contributed by atoms with E-state index in [0.717, 1.165) is 11.1 Å². The molecule has 0 aliphatic heterocycles. The van der Waals surface area contributed by atoms with Gasteiger partial charge in [0.1, 0.15) is 30.2 Å². The predicted octanol–water partition coefficient (Wildman–Crippen LogP) is 2.03. The molecule has 2 aromatic rings. The van der Waals surface area contributed by atoms with Gasteiger partial charge in [0.15, 0.2) is 0 Å². The number of nitrogens with one attached hydrogen (secondary N) is 4. The number of amides is 4. The summed E-state index contributed by atoms with van der Waals surface area (Å²) in [5.41, 5.74) is 7.11. The molecule has 2 aromatic carbocycles. The van der Waals surface area contributed by atoms with Crippen molar-refractivity contribution >= 4 is 29.7 Å². The van der Waals surface area contributed by atoms with Gasteiger partial charge in [-0.1, -0.05) is 69.7 Å². The van der Waals surface area contributed by atoms with Crippen molar-refractivity contribution in [3.05, 3.63) is 65.7 Å². The van der Waals surface area contributed by atoms with Crippen LogP contribution in [-0.4, -0.2) is 66.6 Å². The lowest BCUT2D eigenvalue weighted by atomic mass is 10.00. The molecule has 4 amide bonds. The molecule has 0 aromatic heterocycles. The first-order valence-corrected chi connectivity index (χ1v) is 14.6. The largest absolute Gasteiger partial charge is 0.508 e. The van der Waals surface area contributed by atoms with E-state index in [9.17, 15) is 24.3 Å². The van der Waals surface area contributed by atoms with Crippen molar-refractivity contribution in [3.8, 4) is 11.5 Å². The van der Waals surface area contributed by atoms with E-state index < -0.39 is 35.8 Å². The highest BCUT2D eigenvalue weighted by Crippen LogP contribution is 2.19. The van der Waals surface area contributed by atoms with Gasteiger partial charge in [0.25, 0.3) is 0 Å². The monoisotopic (exact) mass is 595 g/mol. The summed E-state index contributed by atoms with van der Waals surface area (Å²) in [6.07, 6.45) is 5.04. The molecule has 11 heteroatoms. The molecule has 0 spiro atoms. The molecule has 43 heavy (non-hydrogen) atoms. The highest BCUT2D eigenvalue weighted by atomic mass is 16.5. The Kier molecular flexibility index (Phi) is 14.8. The van der Waals surface area contributed by atoms with E-state index in [4.69, 9.17) is 10.5 Å². The van der Waals surface area contributed by atoms with E-state index in [1.165, 1.54) is 6.92 Å². The number of carbonyl (C=O) groups is 4. The summed E-state index contributed by atoms with van der Waals surface area (Å²) in [4.78, 5) is 49.5. The third kappa shape index (κ3) is 12.6. The molecule has 0 bridgehead atoms. The Hall–Kier alpha value is -4.38. The quantitative estimate of drug-likeness (QED) is 0.143. The van der Waals surface area contributed by atoms with Crippen LogP contribution in [0.4, 0.5) is 0 Å². The Morgan fingerprint density at radius 3 is 2.30 bits per heavy atom. The Morgan fingerprint density at radius 1 is 0.977 bits per heavy atom. The first kappa shape index (κ1) is 34.8. The fourth-order valence-electron chi connectivity index (χ4n) is 4.28. The molecular formula is C32H45N5O6. The molecule has 3 atom stereocenters. The summed E-state index contributed by atoms with van der Waals surface area (Å²) >= 11 is 0. The molecular weight excluding hydrogens is 550 g/mol. The van der Waals surface area contributed by atoms with Gasteiger partial charge in [-0.15, -0.1) is 0 Å². The van der Waals surface area contributed by atoms with Crippen LogP contribution in [0, 0.1) is 5.92 Å². The van der Waals surface area contributed by atoms with Gasteiger partial charge in [-0.25, -0.2) is 0 Å². The van der Waals surface area contributed by atoms with E-state index in [1.807, 2.05) is 57.2 Å². The Labute approximate surface area is 253 Å². The number of hydrogen-bond acceptors (Lipinski definition) is 7. The van der Waals surface area contributed by atoms with Gasteiger partial charge in [0, 0.05) is 25.6 Å². The summed E-state index contributed by atoms with van der Waals surface area (Å²) in [7, 11) is 0. The van der Waals surface area contributed by atoms with E-state index in [-0.39, 0.29) is 24.2 Å². The number of rotatable bonds is 18. The second kappa shape index (κ2) is 18.2. The molecule has 0 fully saturated rings. The van der Waals surface area contributed by atoms with Crippen molar-refractivity contribution in [2.45, 2.75) is 65.1 Å². The number of para-hydroxylation sites is 1. The smallest absolute Gasteiger partial charge is 0.243 e. The topological polar surface area (TPSA) is 172 Å². The zero-order valence-corrected chi connectivity index (χ0v) is 25.4. The molecule has 2 rings (SSSR count). The maximum Gasteiger partial charge on any atom is 0.243 e. The molecule has 0 aliphatic rings. The van der Waals surface area contributed by atoms with E-state index in [1.54, 1.807) is 24.3 Å². The van der Waals surface area contributed by atoms with Crippen LogP contribution in [0.5, 0.6) is 11.5 Å². The van der Waals surface area contributed by atoms with Crippen LogP contribution in [-0.2, 0) is 25.6 Å². The number of ether oxygens (including phenoxy) is 1. The molecule has 0 saturated carbocycles. The summed E-state index contributed by atoms with van der Waals surface area (Å²) in [5.74, 6) is -1.10. The minimum atomic E-state index is -0.886. The van der Waals surface area contributed by atoms with Gasteiger partial charge in [-0.3, -0.25) is 19.2 Å². The minimum absolute atomic E-state index is 0.113. The maximum atomic E-state index is 13.5. The third-order valence-corrected chi connectivity index (χ3v) is 6.61. The number of primary amides is 1. The fourth-order valence-corrected chi connectivity index (χ4v) is 4.28. The average Bonchev–Trinajstić information content (AvgIpc) is 2.96. The van der Waals surface area contributed by atoms with Gasteiger partial charge in [-0.2, -0.15) is 0 Å². The number of carbonyl (C=O) groups excluding carboxylic acids is 4. The van der Waals surface area contributed by atoms with Crippen LogP contribution >= 0.6 is 0 Å². The van der Waals surface area contributed by atoms with Crippen LogP contribution in [0.25, 0.3) is 6.08 Å². The summed E-state index contributed by atoms with van der Waals surface area (Å²) in [6.45, 7) is 7.93. The number of nitrogens with two attached hydrogens (primary N) is 1. The van der Waals surface area contributed by atoms with E-state index in [2.05, 4.69) is 21.3 Å². The van der Waals surface area contributed by atoms with Crippen molar-refractivity contribution in [3.63, 3.8) is 0 Å². The van der Waals surface area contributed by atoms with Crippen LogP contribution in [0.1, 0.15) is 51.7 Å². The number of hydrogen-bond donors (Lipinski definition) is 6. The molecule has 0 radical (unpaired) electrons. The van der Waals surface area contributed by atoms with E-state index in [0.29, 0.717) is 38.1 Å². The van der Waals surface area contributed by atoms with E-state index >= 15 is 0 Å². The number of benzene rings is 2. The fraction of sp³-hybridized carbons (Fsp3) is 0.438. The van der Waals surface area contributed by atoms with Crippen LogP contribution in [0.15, 0.2) is 54.6 Å². The first-order valence-electron chi connectivity index (χ1n) is 14.6. The molecule has 0 saturated heterocycles. The molecule has 0 unspecified atom stereocenters. The summed E-state index contributed by atoms with van der Waals surface area (Å²) in [6, 6.07) is 11.6. The lowest BCUT2D eigenvalue weighted by Crippen LogP contribution is -2.58. The minimum Gasteiger partial charge on any atom is -0.508 e. The maximum absolute atomic E-state index is 13.5. The highest BCUT2D eigenvalue weighted by Gasteiger charge is 2.30. The Morgan fingerprint density at radius 2 is 1.67 bits per heavy atom. The zero-order chi connectivity index (χ0) is 31.8. The van der Waals surface area contributed by atoms with Crippen LogP contribution in [0.2, 0.25) is 0 Å². The van der Waals surface area contributed by atoms with Gasteiger partial charge in [0.2, 0.25) is 23.6 Å². The zero-order valence-electron chi connectivity index (χ0n) is 25.4. The van der Waals surface area contributed by atoms with Gasteiger partial charge < -0.3 is 36.8 Å². The summed E-state index contributed by atoms with van der Waals surface area (Å²) in [5, 5.41) is 21.1. The SMILES string of the molecule is CCC[C@H](NC(=O)[C@H](NC(=O)[C@@H](Cc1ccc(O)cc1)NCCOc1ccccc1/C=C/CNC(C)=O)C(C)C)C(N)=O. The van der Waals surface area contributed by atoms with Gasteiger partial charge in [0.05, 0.1) is 6.04 Å². The predicted molar refractivity (Wildman–Crippen MR) is 166 cm³/mol. The third-order valence-electron chi connectivity index (χ3n) is 6.61. The molecule has 11 nitrogen and oxygen atoms in total. The highest BCUT2D eigenvalue weighted by molar-refractivity contribution is 5.93. The van der Waals surface area contributed by atoms with Crippen LogP contribution < -0.4 is 31.7 Å². The van der Waals surface area contributed by atoms with Crippen molar-refractivity contribution in [2.75, 3.05) is 19.7 Å². The number of phenolic OH excluding ortho intramolecular Hbond substituents is 1. The van der Waals surface area contributed by atoms with Crippen molar-refractivity contribution in [1.29, 1.82) is 0 Å². The second-order valence-electron chi connectivity index (χ2n) is 10.6. The standard InChI is InChI=1S/C32H45N5O6/c1-5-9-26(30(33)40)36-32(42)29(21(2)3)37-31(41)27(20-23-13-15-25(39)16-14-23)35-18-19-43-28-12-7-6-10-24(28)11-8-17-34-22(4)38/h6-8,10-16,21,26-27,29,35,39H,5,9,17-20H2,1-4H3,(H2,33,40)(H,34,38)(H,36,42)(H,37,41)/b11-8+/t26-,27+,29+/m0/s1. The lowest BCUT2D eigenvalue weighted by molar-refractivity contribution is -0.133. The molecule has 0 heterocycles. The Balaban J connectivity index is 2.10. The normalized spacial score (nSPS) is 13.2. The van der Waals surface area contributed by atoms with Gasteiger partial charge >= 0.3 is 0 Å². The van der Waals surface area contributed by atoms with Gasteiger partial charge in [-0.05, 0) is 42.5 Å². The van der Waals surface area contributed by atoms with Crippen molar-refractivity contribution in [1.82, 2.24) is 21.3 Å². The molecule has 0 aliphatic carbocycles. The molecule has 7 N–H and O–H groups in total. The Bertz CT molecular complexity index is 1230. The number of aromatic hydroxyl groups is 1. The molecule has 234 valence electrons. The number of phenols is 1. The van der Waals surface area contributed by atoms with Crippen LogP contribution in [0.3, 0.4) is 0 Å². The lowest BCUT2D eigenvalue weighted by Gasteiger charge is -2.27. The van der Waals surface area contributed by atoms with Crippen molar-refractivity contribution in [2.24, 2.45) is 11.7 Å². The second-order valence-corrected chi connectivity index (χ2v) is 10.6. The average molecular weight is 596 g/mol. The van der Waals surface area contributed by atoms with Crippen molar-refractivity contribution < 1.29 is 29.0 Å². The first-order chi connectivity index (χ1) is 20.5.